The van der Waals surface area contributed by atoms with Crippen LogP contribution in [0, 0.1) is 0 Å². The average Bonchev–Trinajstić information content (AvgIpc) is 3.24. The van der Waals surface area contributed by atoms with E-state index >= 15 is 0 Å². The van der Waals surface area contributed by atoms with E-state index in [0.29, 0.717) is 46.0 Å². The Hall–Kier alpha value is -3.12. The van der Waals surface area contributed by atoms with E-state index < -0.39 is 10.0 Å². The van der Waals surface area contributed by atoms with Crippen molar-refractivity contribution in [1.29, 1.82) is 0 Å². The summed E-state index contributed by atoms with van der Waals surface area (Å²) in [6, 6.07) is 11.1. The number of nitrogens with zero attached hydrogens (tertiary/aromatic N) is 4. The fraction of sp³-hybridized carbons (Fsp3) is 0.320. The first-order valence-corrected chi connectivity index (χ1v) is 14.5. The second kappa shape index (κ2) is 10.9. The molecule has 13 heteroatoms. The Bertz CT molecular complexity index is 1550. The lowest BCUT2D eigenvalue weighted by Crippen LogP contribution is -2.28. The minimum atomic E-state index is -3.83. The number of benzene rings is 2. The number of aliphatic hydroxyl groups excluding tert-OH is 1. The second-order valence-corrected chi connectivity index (χ2v) is 11.6. The molecule has 0 atom stereocenters. The van der Waals surface area contributed by atoms with Gasteiger partial charge in [-0.25, -0.2) is 18.4 Å². The van der Waals surface area contributed by atoms with Gasteiger partial charge in [-0.05, 0) is 75.1 Å². The van der Waals surface area contributed by atoms with Gasteiger partial charge in [0.15, 0.2) is 5.65 Å². The highest BCUT2D eigenvalue weighted by Crippen LogP contribution is 2.28. The number of halogens is 2. The molecule has 200 valence electrons. The van der Waals surface area contributed by atoms with E-state index in [9.17, 15) is 13.5 Å². The third-order valence-corrected chi connectivity index (χ3v) is 8.56. The molecule has 0 amide bonds. The molecular weight excluding hydrogens is 549 g/mol. The smallest absolute Gasteiger partial charge is 0.261 e. The first kappa shape index (κ1) is 26.5. The van der Waals surface area contributed by atoms with Gasteiger partial charge in [-0.15, -0.1) is 0 Å². The predicted octanol–water partition coefficient (Wildman–Crippen LogP) is 5.41. The van der Waals surface area contributed by atoms with Gasteiger partial charge in [-0.2, -0.15) is 4.98 Å². The summed E-state index contributed by atoms with van der Waals surface area (Å²) in [6.45, 7) is 2.61. The van der Waals surface area contributed by atoms with Gasteiger partial charge in [0, 0.05) is 18.3 Å². The summed E-state index contributed by atoms with van der Waals surface area (Å²) in [5.74, 6) is 1.10. The molecule has 2 heterocycles. The fourth-order valence-corrected chi connectivity index (χ4v) is 5.75. The summed E-state index contributed by atoms with van der Waals surface area (Å²) in [5.41, 5.74) is 2.31. The van der Waals surface area contributed by atoms with Crippen molar-refractivity contribution in [2.45, 2.75) is 56.2 Å². The van der Waals surface area contributed by atoms with Crippen LogP contribution in [0.5, 0.6) is 0 Å². The molecule has 38 heavy (non-hydrogen) atoms. The number of imidazole rings is 1. The summed E-state index contributed by atoms with van der Waals surface area (Å²) in [6.07, 6.45) is 4.75. The normalized spacial score (nSPS) is 17.9. The minimum Gasteiger partial charge on any atom is -0.393 e. The second-order valence-electron chi connectivity index (χ2n) is 9.12. The van der Waals surface area contributed by atoms with Crippen molar-refractivity contribution in [3.8, 4) is 0 Å². The fourth-order valence-electron chi connectivity index (χ4n) is 4.41. The van der Waals surface area contributed by atoms with E-state index in [1.165, 1.54) is 24.3 Å². The third-order valence-electron chi connectivity index (χ3n) is 6.43. The first-order valence-electron chi connectivity index (χ1n) is 12.2. The van der Waals surface area contributed by atoms with Crippen molar-refractivity contribution >= 4 is 67.7 Å². The van der Waals surface area contributed by atoms with Crippen molar-refractivity contribution < 1.29 is 13.5 Å². The molecule has 0 spiro atoms. The monoisotopic (exact) mass is 575 g/mol. The lowest BCUT2D eigenvalue weighted by atomic mass is 9.93. The molecule has 0 aliphatic heterocycles. The van der Waals surface area contributed by atoms with E-state index in [1.54, 1.807) is 24.4 Å². The van der Waals surface area contributed by atoms with E-state index in [2.05, 4.69) is 30.3 Å². The molecule has 1 aliphatic carbocycles. The quantitative estimate of drug-likeness (QED) is 0.219. The molecule has 1 saturated carbocycles. The first-order chi connectivity index (χ1) is 18.2. The molecule has 1 fully saturated rings. The van der Waals surface area contributed by atoms with Crippen LogP contribution in [-0.2, 0) is 16.6 Å². The molecule has 4 N–H and O–H groups in total. The summed E-state index contributed by atoms with van der Waals surface area (Å²) < 4.78 is 30.1. The highest BCUT2D eigenvalue weighted by molar-refractivity contribution is 7.92. The van der Waals surface area contributed by atoms with Gasteiger partial charge in [0.25, 0.3) is 10.0 Å². The van der Waals surface area contributed by atoms with Crippen LogP contribution in [-0.4, -0.2) is 45.2 Å². The van der Waals surface area contributed by atoms with E-state index in [0.717, 1.165) is 25.7 Å². The minimum absolute atomic E-state index is 0.0925. The van der Waals surface area contributed by atoms with E-state index in [1.807, 2.05) is 11.5 Å². The maximum absolute atomic E-state index is 12.8. The number of aromatic nitrogens is 4. The predicted molar refractivity (Wildman–Crippen MR) is 150 cm³/mol. The van der Waals surface area contributed by atoms with Crippen molar-refractivity contribution in [3.05, 3.63) is 58.7 Å². The number of hydrogen-bond acceptors (Lipinski definition) is 8. The molecule has 2 aromatic carbocycles. The highest BCUT2D eigenvalue weighted by atomic mass is 35.5. The van der Waals surface area contributed by atoms with Crippen LogP contribution in [0.3, 0.4) is 0 Å². The maximum Gasteiger partial charge on any atom is 0.261 e. The number of nitrogens with one attached hydrogen (secondary N) is 3. The van der Waals surface area contributed by atoms with Crippen LogP contribution in [0.15, 0.2) is 53.6 Å². The summed E-state index contributed by atoms with van der Waals surface area (Å²) in [4.78, 5) is 13.8. The number of fused-ring (bicyclic) bond motifs is 1. The van der Waals surface area contributed by atoms with Crippen molar-refractivity contribution in [2.24, 2.45) is 0 Å². The highest BCUT2D eigenvalue weighted by Gasteiger charge is 2.21. The average molecular weight is 577 g/mol. The molecule has 10 nitrogen and oxygen atoms in total. The van der Waals surface area contributed by atoms with Gasteiger partial charge in [-0.1, -0.05) is 23.2 Å². The zero-order valence-electron chi connectivity index (χ0n) is 20.5. The Balaban J connectivity index is 1.32. The molecule has 0 saturated heterocycles. The number of aliphatic hydroxyl groups is 1. The number of sulfonamides is 1. The van der Waals surface area contributed by atoms with Gasteiger partial charge < -0.3 is 15.7 Å². The van der Waals surface area contributed by atoms with Crippen molar-refractivity contribution in [3.63, 3.8) is 0 Å². The van der Waals surface area contributed by atoms with Gasteiger partial charge >= 0.3 is 0 Å². The largest absolute Gasteiger partial charge is 0.393 e. The molecular formula is C25H27Cl2N7O3S. The topological polar surface area (TPSA) is 134 Å². The van der Waals surface area contributed by atoms with Crippen LogP contribution in [0.4, 0.5) is 23.3 Å². The molecule has 0 unspecified atom stereocenters. The number of hydrogen-bond donors (Lipinski definition) is 4. The Labute approximate surface area is 230 Å². The van der Waals surface area contributed by atoms with Crippen LogP contribution in [0.2, 0.25) is 10.0 Å². The molecule has 5 rings (SSSR count). The van der Waals surface area contributed by atoms with E-state index in [4.69, 9.17) is 23.2 Å². The lowest BCUT2D eigenvalue weighted by molar-refractivity contribution is 0.126. The van der Waals surface area contributed by atoms with Crippen molar-refractivity contribution in [1.82, 2.24) is 19.5 Å². The Morgan fingerprint density at radius 1 is 1.00 bits per heavy atom. The number of aryl methyl sites for hydroxylation is 1. The van der Waals surface area contributed by atoms with Crippen LogP contribution < -0.4 is 15.4 Å². The molecule has 4 aromatic rings. The third kappa shape index (κ3) is 5.80. The number of rotatable bonds is 8. The summed E-state index contributed by atoms with van der Waals surface area (Å²) in [7, 11) is -3.83. The zero-order valence-corrected chi connectivity index (χ0v) is 22.9. The van der Waals surface area contributed by atoms with Crippen LogP contribution >= 0.6 is 23.2 Å². The number of anilines is 4. The Morgan fingerprint density at radius 3 is 2.39 bits per heavy atom. The molecule has 0 radical (unpaired) electrons. The summed E-state index contributed by atoms with van der Waals surface area (Å²) >= 11 is 11.9. The standard InChI is InChI=1S/C25H27Cl2N7O3S/c1-2-34-23-22(14-28-24(32-23)29-15-3-8-18(35)9-4-15)31-25(34)30-16-5-10-19(11-6-16)38(36,37)33-17-7-12-20(26)21(27)13-17/h5-7,10-15,18,33,35H,2-4,8-9H2,1H3,(H,30,31)(H,28,29,32). The Kier molecular flexibility index (Phi) is 7.62. The van der Waals surface area contributed by atoms with Crippen LogP contribution in [0.1, 0.15) is 32.6 Å². The summed E-state index contributed by atoms with van der Waals surface area (Å²) in [5, 5.41) is 17.0. The van der Waals surface area contributed by atoms with E-state index in [-0.39, 0.29) is 22.1 Å². The maximum atomic E-state index is 12.8. The van der Waals surface area contributed by atoms with Crippen molar-refractivity contribution in [2.75, 3.05) is 15.4 Å². The zero-order chi connectivity index (χ0) is 26.9. The van der Waals surface area contributed by atoms with Gasteiger partial charge in [-0.3, -0.25) is 9.29 Å². The molecule has 1 aliphatic rings. The van der Waals surface area contributed by atoms with Crippen LogP contribution in [0.25, 0.3) is 11.2 Å². The van der Waals surface area contributed by atoms with Gasteiger partial charge in [0.05, 0.1) is 32.9 Å². The molecule has 0 bridgehead atoms. The van der Waals surface area contributed by atoms with Gasteiger partial charge in [0.2, 0.25) is 11.9 Å². The van der Waals surface area contributed by atoms with Gasteiger partial charge in [0.1, 0.15) is 5.52 Å². The molecule has 2 aromatic heterocycles. The Morgan fingerprint density at radius 2 is 1.71 bits per heavy atom. The SMILES string of the molecule is CCn1c(Nc2ccc(S(=O)(=O)Nc3ccc(Cl)c(Cl)c3)cc2)nc2cnc(NC3CCC(O)CC3)nc21. The lowest BCUT2D eigenvalue weighted by Gasteiger charge is -2.26.